The molecule has 0 N–H and O–H groups in total. The second kappa shape index (κ2) is 7.51. The van der Waals surface area contributed by atoms with Crippen molar-refractivity contribution >= 4 is 0 Å². The predicted molar refractivity (Wildman–Crippen MR) is 86.7 cm³/mol. The van der Waals surface area contributed by atoms with Gasteiger partial charge in [0.05, 0.1) is 12.3 Å². The molecule has 3 rings (SSSR count). The van der Waals surface area contributed by atoms with Crippen molar-refractivity contribution in [2.24, 2.45) is 5.92 Å². The summed E-state index contributed by atoms with van der Waals surface area (Å²) in [5.41, 5.74) is 1.60. The first-order chi connectivity index (χ1) is 11.2. The molecule has 0 unspecified atom stereocenters. The topological polar surface area (TPSA) is 38.3 Å². The zero-order chi connectivity index (χ0) is 16.1. The number of likely N-dealkylation sites (tertiary alicyclic amines) is 1. The van der Waals surface area contributed by atoms with Crippen molar-refractivity contribution in [2.45, 2.75) is 26.3 Å². The van der Waals surface area contributed by atoms with Crippen molar-refractivity contribution in [3.8, 4) is 5.88 Å². The summed E-state index contributed by atoms with van der Waals surface area (Å²) >= 11 is 0. The molecule has 0 spiro atoms. The van der Waals surface area contributed by atoms with Crippen molar-refractivity contribution in [3.63, 3.8) is 0 Å². The Morgan fingerprint density at radius 2 is 1.91 bits per heavy atom. The van der Waals surface area contributed by atoms with Gasteiger partial charge in [0.1, 0.15) is 5.82 Å². The molecule has 1 aromatic heterocycles. The normalized spacial score (nSPS) is 16.4. The number of hydrogen-bond acceptors (Lipinski definition) is 4. The van der Waals surface area contributed by atoms with Crippen molar-refractivity contribution in [1.82, 2.24) is 14.9 Å². The lowest BCUT2D eigenvalue weighted by Crippen LogP contribution is -2.35. The maximum Gasteiger partial charge on any atom is 0.235 e. The fraction of sp³-hybridized carbons (Fsp3) is 0.444. The summed E-state index contributed by atoms with van der Waals surface area (Å²) in [5, 5.41) is 0. The highest BCUT2D eigenvalue weighted by Crippen LogP contribution is 2.21. The minimum atomic E-state index is -0.115. The first kappa shape index (κ1) is 15.9. The molecule has 1 fully saturated rings. The minimum Gasteiger partial charge on any atom is -0.476 e. The van der Waals surface area contributed by atoms with E-state index in [1.165, 1.54) is 6.07 Å². The van der Waals surface area contributed by atoms with Crippen molar-refractivity contribution < 1.29 is 9.13 Å². The Morgan fingerprint density at radius 3 is 2.65 bits per heavy atom. The maximum absolute atomic E-state index is 13.7. The first-order valence-electron chi connectivity index (χ1n) is 8.08. The summed E-state index contributed by atoms with van der Waals surface area (Å²) in [4.78, 5) is 10.7. The molecule has 1 aliphatic rings. The zero-order valence-corrected chi connectivity index (χ0v) is 13.4. The molecule has 0 aliphatic carbocycles. The first-order valence-corrected chi connectivity index (χ1v) is 8.08. The smallest absolute Gasteiger partial charge is 0.235 e. The van der Waals surface area contributed by atoms with E-state index in [9.17, 15) is 4.39 Å². The standard InChI is InChI=1S/C18H22FN3O/c1-14-18(21-9-8-20-14)23-13-15-6-10-22(11-7-15)12-16-4-2-3-5-17(16)19/h2-5,8-9,15H,6-7,10-13H2,1H3. The highest BCUT2D eigenvalue weighted by Gasteiger charge is 2.21. The summed E-state index contributed by atoms with van der Waals surface area (Å²) in [6, 6.07) is 7.01. The van der Waals surface area contributed by atoms with Crippen molar-refractivity contribution in [3.05, 3.63) is 53.7 Å². The van der Waals surface area contributed by atoms with E-state index in [1.807, 2.05) is 19.1 Å². The van der Waals surface area contributed by atoms with E-state index in [4.69, 9.17) is 4.74 Å². The second-order valence-corrected chi connectivity index (χ2v) is 6.07. The van der Waals surface area contributed by atoms with Gasteiger partial charge in [-0.15, -0.1) is 0 Å². The molecule has 0 saturated carbocycles. The van der Waals surface area contributed by atoms with E-state index in [2.05, 4.69) is 14.9 Å². The van der Waals surface area contributed by atoms with Crippen LogP contribution in [0, 0.1) is 18.7 Å². The third kappa shape index (κ3) is 4.26. The van der Waals surface area contributed by atoms with Gasteiger partial charge >= 0.3 is 0 Å². The van der Waals surface area contributed by atoms with Crippen LogP contribution >= 0.6 is 0 Å². The van der Waals surface area contributed by atoms with Gasteiger partial charge in [-0.1, -0.05) is 18.2 Å². The van der Waals surface area contributed by atoms with Crippen molar-refractivity contribution in [2.75, 3.05) is 19.7 Å². The number of ether oxygens (including phenoxy) is 1. The molecule has 0 bridgehead atoms. The van der Waals surface area contributed by atoms with Gasteiger partial charge in [-0.05, 0) is 44.8 Å². The summed E-state index contributed by atoms with van der Waals surface area (Å²) in [7, 11) is 0. The molecule has 5 heteroatoms. The van der Waals surface area contributed by atoms with Gasteiger partial charge in [0.15, 0.2) is 0 Å². The zero-order valence-electron chi connectivity index (χ0n) is 13.4. The van der Waals surface area contributed by atoms with Crippen LogP contribution in [0.15, 0.2) is 36.7 Å². The quantitative estimate of drug-likeness (QED) is 0.849. The monoisotopic (exact) mass is 315 g/mol. The van der Waals surface area contributed by atoms with Gasteiger partial charge in [0.25, 0.3) is 0 Å². The van der Waals surface area contributed by atoms with Crippen molar-refractivity contribution in [1.29, 1.82) is 0 Å². The third-order valence-corrected chi connectivity index (χ3v) is 4.35. The molecule has 0 radical (unpaired) electrons. The third-order valence-electron chi connectivity index (χ3n) is 4.35. The number of hydrogen-bond donors (Lipinski definition) is 0. The van der Waals surface area contributed by atoms with Gasteiger partial charge in [0.2, 0.25) is 5.88 Å². The Hall–Kier alpha value is -2.01. The summed E-state index contributed by atoms with van der Waals surface area (Å²) in [6.07, 6.45) is 5.45. The average Bonchev–Trinajstić information content (AvgIpc) is 2.57. The Balaban J connectivity index is 1.45. The van der Waals surface area contributed by atoms with E-state index < -0.39 is 0 Å². The number of aryl methyl sites for hydroxylation is 1. The van der Waals surface area contributed by atoms with E-state index in [-0.39, 0.29) is 5.82 Å². The summed E-state index contributed by atoms with van der Waals surface area (Å²) in [5.74, 6) is 1.03. The number of rotatable bonds is 5. The number of halogens is 1. The maximum atomic E-state index is 13.7. The Morgan fingerprint density at radius 1 is 1.17 bits per heavy atom. The van der Waals surface area contributed by atoms with E-state index >= 15 is 0 Å². The molecule has 1 saturated heterocycles. The molecule has 1 aliphatic heterocycles. The lowest BCUT2D eigenvalue weighted by atomic mass is 9.97. The van der Waals surface area contributed by atoms with Crippen LogP contribution in [-0.4, -0.2) is 34.6 Å². The van der Waals surface area contributed by atoms with E-state index in [1.54, 1.807) is 18.5 Å². The van der Waals surface area contributed by atoms with Crippen LogP contribution < -0.4 is 4.74 Å². The van der Waals surface area contributed by atoms with Crippen LogP contribution in [0.4, 0.5) is 4.39 Å². The molecular weight excluding hydrogens is 293 g/mol. The second-order valence-electron chi connectivity index (χ2n) is 6.07. The number of nitrogens with zero attached hydrogens (tertiary/aromatic N) is 3. The molecule has 1 aromatic carbocycles. The minimum absolute atomic E-state index is 0.115. The summed E-state index contributed by atoms with van der Waals surface area (Å²) < 4.78 is 19.5. The lowest BCUT2D eigenvalue weighted by molar-refractivity contribution is 0.133. The van der Waals surface area contributed by atoms with E-state index in [0.717, 1.165) is 37.2 Å². The van der Waals surface area contributed by atoms with Crippen LogP contribution in [0.5, 0.6) is 5.88 Å². The van der Waals surface area contributed by atoms with Gasteiger partial charge in [0, 0.05) is 24.5 Å². The average molecular weight is 315 g/mol. The Labute approximate surface area is 136 Å². The number of benzene rings is 1. The largest absolute Gasteiger partial charge is 0.476 e. The fourth-order valence-electron chi connectivity index (χ4n) is 2.91. The van der Waals surface area contributed by atoms with Gasteiger partial charge in [-0.2, -0.15) is 0 Å². The van der Waals surface area contributed by atoms with Crippen LogP contribution in [0.1, 0.15) is 24.1 Å². The summed E-state index contributed by atoms with van der Waals surface area (Å²) in [6.45, 7) is 5.21. The van der Waals surface area contributed by atoms with E-state index in [0.29, 0.717) is 24.9 Å². The molecule has 122 valence electrons. The van der Waals surface area contributed by atoms with Gasteiger partial charge in [-0.3, -0.25) is 9.88 Å². The van der Waals surface area contributed by atoms with Crippen LogP contribution in [0.2, 0.25) is 0 Å². The van der Waals surface area contributed by atoms with Crippen LogP contribution in [0.3, 0.4) is 0 Å². The number of aromatic nitrogens is 2. The van der Waals surface area contributed by atoms with Crippen LogP contribution in [-0.2, 0) is 6.54 Å². The Bertz CT molecular complexity index is 642. The SMILES string of the molecule is Cc1nccnc1OCC1CCN(Cc2ccccc2F)CC1. The van der Waals surface area contributed by atoms with Crippen LogP contribution in [0.25, 0.3) is 0 Å². The lowest BCUT2D eigenvalue weighted by Gasteiger charge is -2.31. The molecular formula is C18H22FN3O. The molecule has 4 nitrogen and oxygen atoms in total. The molecule has 2 heterocycles. The molecule has 0 atom stereocenters. The van der Waals surface area contributed by atoms with Gasteiger partial charge < -0.3 is 4.74 Å². The number of piperidine rings is 1. The highest BCUT2D eigenvalue weighted by molar-refractivity contribution is 5.17. The Kier molecular flexibility index (Phi) is 5.18. The molecule has 0 amide bonds. The molecule has 23 heavy (non-hydrogen) atoms. The highest BCUT2D eigenvalue weighted by atomic mass is 19.1. The molecule has 2 aromatic rings. The van der Waals surface area contributed by atoms with Gasteiger partial charge in [-0.25, -0.2) is 9.37 Å². The predicted octanol–water partition coefficient (Wildman–Crippen LogP) is 3.22. The fourth-order valence-corrected chi connectivity index (χ4v) is 2.91.